The number of amides is 2. The second-order valence-electron chi connectivity index (χ2n) is 6.56. The van der Waals surface area contributed by atoms with Crippen LogP contribution in [0.5, 0.6) is 0 Å². The van der Waals surface area contributed by atoms with Gasteiger partial charge >= 0.3 is 0 Å². The van der Waals surface area contributed by atoms with Crippen molar-refractivity contribution in [2.45, 2.75) is 26.2 Å². The van der Waals surface area contributed by atoms with Crippen molar-refractivity contribution >= 4 is 28.9 Å². The highest BCUT2D eigenvalue weighted by atomic mass is 16.2. The van der Waals surface area contributed by atoms with Crippen molar-refractivity contribution < 1.29 is 9.59 Å². The van der Waals surface area contributed by atoms with Crippen molar-refractivity contribution in [3.63, 3.8) is 0 Å². The summed E-state index contributed by atoms with van der Waals surface area (Å²) in [6.07, 6.45) is 0.395. The van der Waals surface area contributed by atoms with Crippen LogP contribution in [-0.4, -0.2) is 17.5 Å². The molecule has 6 heteroatoms. The minimum atomic E-state index is -0.284. The summed E-state index contributed by atoms with van der Waals surface area (Å²) in [5.41, 5.74) is 12.2. The van der Waals surface area contributed by atoms with Crippen LogP contribution >= 0.6 is 0 Å². The van der Waals surface area contributed by atoms with E-state index in [9.17, 15) is 9.59 Å². The van der Waals surface area contributed by atoms with E-state index in [1.807, 2.05) is 50.2 Å². The zero-order valence-corrected chi connectivity index (χ0v) is 14.8. The lowest BCUT2D eigenvalue weighted by molar-refractivity contribution is -0.122. The highest BCUT2D eigenvalue weighted by Gasteiger charge is 2.22. The van der Waals surface area contributed by atoms with Gasteiger partial charge in [-0.15, -0.1) is 0 Å². The smallest absolute Gasteiger partial charge is 0.240 e. The van der Waals surface area contributed by atoms with Gasteiger partial charge in [0.2, 0.25) is 11.8 Å². The molecule has 4 N–H and O–H groups in total. The molecule has 1 heterocycles. The highest BCUT2D eigenvalue weighted by Crippen LogP contribution is 2.25. The largest absolute Gasteiger partial charge is 0.397 e. The maximum atomic E-state index is 12.5. The van der Waals surface area contributed by atoms with Crippen LogP contribution in [0.25, 0.3) is 0 Å². The molecule has 2 aromatic rings. The average molecular weight is 350 g/mol. The van der Waals surface area contributed by atoms with Crippen molar-refractivity contribution in [2.75, 3.05) is 11.1 Å². The van der Waals surface area contributed by atoms with Gasteiger partial charge in [-0.25, -0.2) is 5.43 Å². The van der Waals surface area contributed by atoms with Gasteiger partial charge in [-0.1, -0.05) is 43.3 Å². The molecule has 0 fully saturated rings. The monoisotopic (exact) mass is 350 g/mol. The molecule has 6 nitrogen and oxygen atoms in total. The van der Waals surface area contributed by atoms with E-state index in [0.29, 0.717) is 17.8 Å². The SMILES string of the molecule is CC1CC(=O)NN=C1c1ccc(NC(=O)C(C)c2ccccc2)c(N)c1. The van der Waals surface area contributed by atoms with Crippen LogP contribution in [0.1, 0.15) is 37.3 Å². The molecule has 1 aliphatic rings. The van der Waals surface area contributed by atoms with Gasteiger partial charge < -0.3 is 11.1 Å². The summed E-state index contributed by atoms with van der Waals surface area (Å²) in [7, 11) is 0. The predicted octanol–water partition coefficient (Wildman–Crippen LogP) is 2.87. The molecule has 0 aromatic heterocycles. The van der Waals surface area contributed by atoms with Gasteiger partial charge in [-0.2, -0.15) is 5.10 Å². The Balaban J connectivity index is 1.76. The minimum absolute atomic E-state index is 0.0155. The number of carbonyl (C=O) groups excluding carboxylic acids is 2. The van der Waals surface area contributed by atoms with Crippen molar-refractivity contribution in [1.29, 1.82) is 0 Å². The molecule has 0 saturated heterocycles. The van der Waals surface area contributed by atoms with Crippen molar-refractivity contribution in [3.05, 3.63) is 59.7 Å². The molecule has 1 aliphatic heterocycles. The third-order valence-electron chi connectivity index (χ3n) is 4.56. The number of hydrogen-bond acceptors (Lipinski definition) is 4. The summed E-state index contributed by atoms with van der Waals surface area (Å²) in [6.45, 7) is 3.81. The second-order valence-corrected chi connectivity index (χ2v) is 6.56. The summed E-state index contributed by atoms with van der Waals surface area (Å²) in [5, 5.41) is 7.02. The van der Waals surface area contributed by atoms with E-state index >= 15 is 0 Å². The molecule has 0 spiro atoms. The molecule has 2 amide bonds. The first-order valence-electron chi connectivity index (χ1n) is 8.58. The van der Waals surface area contributed by atoms with Crippen LogP contribution < -0.4 is 16.5 Å². The normalized spacial score (nSPS) is 17.8. The first kappa shape index (κ1) is 17.7. The molecule has 2 aromatic carbocycles. The van der Waals surface area contributed by atoms with Gasteiger partial charge in [0.25, 0.3) is 0 Å². The molecule has 3 rings (SSSR count). The average Bonchev–Trinajstić information content (AvgIpc) is 2.63. The lowest BCUT2D eigenvalue weighted by Gasteiger charge is -2.20. The molecule has 0 aliphatic carbocycles. The maximum absolute atomic E-state index is 12.5. The zero-order chi connectivity index (χ0) is 18.7. The van der Waals surface area contributed by atoms with Crippen LogP contribution in [-0.2, 0) is 9.59 Å². The molecule has 2 unspecified atom stereocenters. The summed E-state index contributed by atoms with van der Waals surface area (Å²) in [4.78, 5) is 23.9. The van der Waals surface area contributed by atoms with Gasteiger partial charge in [-0.05, 0) is 24.6 Å². The van der Waals surface area contributed by atoms with Crippen LogP contribution in [0.4, 0.5) is 11.4 Å². The Kier molecular flexibility index (Phi) is 5.02. The zero-order valence-electron chi connectivity index (χ0n) is 14.8. The number of anilines is 2. The van der Waals surface area contributed by atoms with Gasteiger partial charge in [-0.3, -0.25) is 9.59 Å². The van der Waals surface area contributed by atoms with Gasteiger partial charge in [0.15, 0.2) is 0 Å². The lowest BCUT2D eigenvalue weighted by Crippen LogP contribution is -2.32. The molecular weight excluding hydrogens is 328 g/mol. The Bertz CT molecular complexity index is 861. The van der Waals surface area contributed by atoms with Crippen molar-refractivity contribution in [3.8, 4) is 0 Å². The Labute approximate surface area is 152 Å². The molecular formula is C20H22N4O2. The lowest BCUT2D eigenvalue weighted by atomic mass is 9.93. The first-order valence-corrected chi connectivity index (χ1v) is 8.58. The number of nitrogen functional groups attached to an aromatic ring is 1. The fourth-order valence-corrected chi connectivity index (χ4v) is 2.97. The van der Waals surface area contributed by atoms with Crippen molar-refractivity contribution in [1.82, 2.24) is 5.43 Å². The van der Waals surface area contributed by atoms with Crippen LogP contribution in [0, 0.1) is 5.92 Å². The fourth-order valence-electron chi connectivity index (χ4n) is 2.97. The van der Waals surface area contributed by atoms with E-state index in [1.54, 1.807) is 12.1 Å². The van der Waals surface area contributed by atoms with Crippen molar-refractivity contribution in [2.24, 2.45) is 11.0 Å². The maximum Gasteiger partial charge on any atom is 0.240 e. The molecule has 0 saturated carbocycles. The number of nitrogens with two attached hydrogens (primary N) is 1. The molecule has 26 heavy (non-hydrogen) atoms. The van der Waals surface area contributed by atoms with Gasteiger partial charge in [0, 0.05) is 17.9 Å². The number of benzene rings is 2. The Morgan fingerprint density at radius 2 is 2.00 bits per heavy atom. The second kappa shape index (κ2) is 7.39. The quantitative estimate of drug-likeness (QED) is 0.740. The number of hydrazone groups is 1. The summed E-state index contributed by atoms with van der Waals surface area (Å²) < 4.78 is 0. The molecule has 0 radical (unpaired) electrons. The summed E-state index contributed by atoms with van der Waals surface area (Å²) in [5.74, 6) is -0.478. The molecule has 2 atom stereocenters. The van der Waals surface area contributed by atoms with Gasteiger partial charge in [0.05, 0.1) is 23.0 Å². The first-order chi connectivity index (χ1) is 12.5. The van der Waals surface area contributed by atoms with Gasteiger partial charge in [0.1, 0.15) is 0 Å². The van der Waals surface area contributed by atoms with E-state index in [-0.39, 0.29) is 23.7 Å². The number of nitrogens with zero attached hydrogens (tertiary/aromatic N) is 1. The summed E-state index contributed by atoms with van der Waals surface area (Å²) >= 11 is 0. The van der Waals surface area contributed by atoms with Crippen LogP contribution in [0.15, 0.2) is 53.6 Å². The van der Waals surface area contributed by atoms with Crippen LogP contribution in [0.2, 0.25) is 0 Å². The third kappa shape index (κ3) is 3.74. The predicted molar refractivity (Wildman–Crippen MR) is 103 cm³/mol. The minimum Gasteiger partial charge on any atom is -0.397 e. The fraction of sp³-hybridized carbons (Fsp3) is 0.250. The van der Waals surface area contributed by atoms with Crippen LogP contribution in [0.3, 0.4) is 0 Å². The Hall–Kier alpha value is -3.15. The topological polar surface area (TPSA) is 96.6 Å². The van der Waals surface area contributed by atoms with E-state index in [2.05, 4.69) is 15.8 Å². The molecule has 0 bridgehead atoms. The Morgan fingerprint density at radius 3 is 2.65 bits per heavy atom. The Morgan fingerprint density at radius 1 is 1.27 bits per heavy atom. The number of carbonyl (C=O) groups is 2. The third-order valence-corrected chi connectivity index (χ3v) is 4.56. The van der Waals surface area contributed by atoms with E-state index in [1.165, 1.54) is 0 Å². The van der Waals surface area contributed by atoms with E-state index < -0.39 is 0 Å². The standard InChI is InChI=1S/C20H22N4O2/c1-12-10-18(25)23-24-19(12)15-8-9-17(16(21)11-15)22-20(26)13(2)14-6-4-3-5-7-14/h3-9,11-13H,10,21H2,1-2H3,(H,22,26)(H,23,25). The number of rotatable bonds is 4. The van der Waals surface area contributed by atoms with E-state index in [0.717, 1.165) is 16.8 Å². The summed E-state index contributed by atoms with van der Waals surface area (Å²) in [6, 6.07) is 15.0. The number of nitrogens with one attached hydrogen (secondary N) is 2. The highest BCUT2D eigenvalue weighted by molar-refractivity contribution is 6.07. The van der Waals surface area contributed by atoms with E-state index in [4.69, 9.17) is 5.73 Å². The number of hydrogen-bond donors (Lipinski definition) is 3. The molecule has 134 valence electrons.